The highest BCUT2D eigenvalue weighted by molar-refractivity contribution is 6.20. The van der Waals surface area contributed by atoms with Gasteiger partial charge >= 0.3 is 0 Å². The molecule has 0 fully saturated rings. The molecule has 0 atom stereocenters. The van der Waals surface area contributed by atoms with Crippen LogP contribution in [0.3, 0.4) is 0 Å². The van der Waals surface area contributed by atoms with Crippen LogP contribution in [0.4, 0.5) is 5.69 Å². The van der Waals surface area contributed by atoms with Crippen LogP contribution >= 0.6 is 12.4 Å². The van der Waals surface area contributed by atoms with Crippen molar-refractivity contribution < 1.29 is 4.79 Å². The predicted octanol–water partition coefficient (Wildman–Crippen LogP) is 2.17. The lowest BCUT2D eigenvalue weighted by molar-refractivity contribution is 0.0967. The number of aliphatic imine (C=N–C) groups is 1. The second-order valence-corrected chi connectivity index (χ2v) is 3.03. The van der Waals surface area contributed by atoms with Crippen molar-refractivity contribution in [1.82, 2.24) is 0 Å². The first-order chi connectivity index (χ1) is 6.32. The van der Waals surface area contributed by atoms with E-state index < -0.39 is 5.66 Å². The molecule has 70 valence electrons. The average molecular weight is 208 g/mol. The van der Waals surface area contributed by atoms with Gasteiger partial charge in [-0.3, -0.25) is 9.79 Å². The van der Waals surface area contributed by atoms with Gasteiger partial charge in [0.25, 0.3) is 5.66 Å². The van der Waals surface area contributed by atoms with Crippen LogP contribution in [0.5, 0.6) is 0 Å². The zero-order chi connectivity index (χ0) is 8.89. The number of carbonyl (C=O) groups is 1. The van der Waals surface area contributed by atoms with Gasteiger partial charge in [-0.25, -0.2) is 0 Å². The van der Waals surface area contributed by atoms with Crippen molar-refractivity contribution >= 4 is 30.1 Å². The van der Waals surface area contributed by atoms with Crippen molar-refractivity contribution in [3.8, 4) is 0 Å². The molecule has 4 nitrogen and oxygen atoms in total. The van der Waals surface area contributed by atoms with Gasteiger partial charge in [0.05, 0.1) is 11.9 Å². The number of hydrogen-bond donors (Lipinski definition) is 0. The van der Waals surface area contributed by atoms with Crippen LogP contribution in [0, 0.1) is 0 Å². The number of benzene rings is 1. The van der Waals surface area contributed by atoms with Gasteiger partial charge in [-0.05, 0) is 12.1 Å². The molecule has 0 saturated heterocycles. The summed E-state index contributed by atoms with van der Waals surface area (Å²) in [5.74, 6) is -0.0712. The molecule has 14 heavy (non-hydrogen) atoms. The van der Waals surface area contributed by atoms with Gasteiger partial charge in [-0.2, -0.15) is 0 Å². The Labute approximate surface area is 86.2 Å². The van der Waals surface area contributed by atoms with Crippen LogP contribution in [0.2, 0.25) is 0 Å². The maximum absolute atomic E-state index is 11.7. The molecule has 0 aliphatic carbocycles. The van der Waals surface area contributed by atoms with Crippen molar-refractivity contribution in [3.05, 3.63) is 29.8 Å². The molecular weight excluding hydrogens is 202 g/mol. The number of fused-ring (bicyclic) bond motifs is 1. The fourth-order valence-electron chi connectivity index (χ4n) is 1.39. The molecule has 2 aliphatic heterocycles. The van der Waals surface area contributed by atoms with Crippen molar-refractivity contribution in [1.29, 1.82) is 0 Å². The zero-order valence-electron chi connectivity index (χ0n) is 7.04. The van der Waals surface area contributed by atoms with E-state index in [1.165, 1.54) is 6.21 Å². The number of rotatable bonds is 0. The Kier molecular flexibility index (Phi) is 1.75. The minimum absolute atomic E-state index is 0. The molecule has 0 amide bonds. The summed E-state index contributed by atoms with van der Waals surface area (Å²) in [6, 6.07) is 7.22. The largest absolute Gasteiger partial charge is 0.288 e. The Morgan fingerprint density at radius 2 is 1.86 bits per heavy atom. The number of para-hydroxylation sites is 1. The van der Waals surface area contributed by atoms with E-state index >= 15 is 0 Å². The minimum Gasteiger partial charge on any atom is -0.288 e. The third kappa shape index (κ3) is 1.01. The molecule has 0 aromatic heterocycles. The fourth-order valence-corrected chi connectivity index (χ4v) is 1.39. The van der Waals surface area contributed by atoms with E-state index in [1.807, 2.05) is 12.1 Å². The number of Topliss-reactive ketones (excluding diaryl/α,β-unsaturated/α-hetero) is 1. The Morgan fingerprint density at radius 1 is 1.14 bits per heavy atom. The molecule has 2 aliphatic rings. The Bertz CT molecular complexity index is 461. The quantitative estimate of drug-likeness (QED) is 0.643. The molecule has 3 rings (SSSR count). The summed E-state index contributed by atoms with van der Waals surface area (Å²) in [4.78, 5) is 15.8. The van der Waals surface area contributed by atoms with E-state index in [0.29, 0.717) is 11.3 Å². The van der Waals surface area contributed by atoms with Gasteiger partial charge in [-0.1, -0.05) is 12.1 Å². The average Bonchev–Trinajstić information content (AvgIpc) is 2.94. The highest BCUT2D eigenvalue weighted by Crippen LogP contribution is 2.37. The highest BCUT2D eigenvalue weighted by atomic mass is 35.5. The number of halogens is 1. The van der Waals surface area contributed by atoms with Crippen LogP contribution in [0.1, 0.15) is 10.4 Å². The smallest absolute Gasteiger partial charge is 0.287 e. The van der Waals surface area contributed by atoms with E-state index in [1.54, 1.807) is 12.1 Å². The molecule has 5 heteroatoms. The molecule has 0 bridgehead atoms. The summed E-state index contributed by atoms with van der Waals surface area (Å²) < 4.78 is 0. The first-order valence-electron chi connectivity index (χ1n) is 3.95. The van der Waals surface area contributed by atoms with E-state index in [0.717, 1.165) is 0 Å². The van der Waals surface area contributed by atoms with Gasteiger partial charge in [0.2, 0.25) is 5.78 Å². The Morgan fingerprint density at radius 3 is 2.57 bits per heavy atom. The molecule has 0 N–H and O–H groups in total. The lowest BCUT2D eigenvalue weighted by atomic mass is 9.98. The number of ketones is 1. The van der Waals surface area contributed by atoms with E-state index in [4.69, 9.17) is 0 Å². The zero-order valence-corrected chi connectivity index (χ0v) is 7.86. The molecule has 1 aromatic carbocycles. The molecule has 0 saturated carbocycles. The minimum atomic E-state index is -0.950. The highest BCUT2D eigenvalue weighted by Gasteiger charge is 2.49. The third-order valence-corrected chi connectivity index (χ3v) is 2.18. The van der Waals surface area contributed by atoms with Crippen molar-refractivity contribution in [2.75, 3.05) is 0 Å². The molecule has 1 aromatic rings. The first kappa shape index (κ1) is 9.02. The monoisotopic (exact) mass is 207 g/mol. The molecular formula is C9H6ClN3O. The van der Waals surface area contributed by atoms with Crippen LogP contribution in [0.25, 0.3) is 0 Å². The Hall–Kier alpha value is -1.55. The lowest BCUT2D eigenvalue weighted by Gasteiger charge is -2.11. The third-order valence-electron chi connectivity index (χ3n) is 2.18. The van der Waals surface area contributed by atoms with Gasteiger partial charge in [0.15, 0.2) is 0 Å². The molecule has 1 spiro atoms. The maximum Gasteiger partial charge on any atom is 0.287 e. The Balaban J connectivity index is 0.000000750. The summed E-state index contributed by atoms with van der Waals surface area (Å²) in [6.07, 6.45) is 1.50. The standard InChI is InChI=1S/C9H5N3O.ClH/c13-8-6-3-1-2-4-7(6)10-5-9(8)11-12-9;/h1-5H;1H. The normalized spacial score (nSPS) is 19.0. The number of hydrogen-bond acceptors (Lipinski definition) is 4. The van der Waals surface area contributed by atoms with Crippen LogP contribution in [-0.4, -0.2) is 17.7 Å². The second kappa shape index (κ2) is 2.72. The summed E-state index contributed by atoms with van der Waals surface area (Å²) in [6.45, 7) is 0. The fraction of sp³-hybridized carbons (Fsp3) is 0.111. The number of nitrogens with zero attached hydrogens (tertiary/aromatic N) is 3. The van der Waals surface area contributed by atoms with E-state index in [-0.39, 0.29) is 18.2 Å². The van der Waals surface area contributed by atoms with Crippen LogP contribution in [-0.2, 0) is 0 Å². The summed E-state index contributed by atoms with van der Waals surface area (Å²) >= 11 is 0. The van der Waals surface area contributed by atoms with E-state index in [2.05, 4.69) is 15.2 Å². The predicted molar refractivity (Wildman–Crippen MR) is 53.8 cm³/mol. The van der Waals surface area contributed by atoms with Crippen LogP contribution < -0.4 is 0 Å². The van der Waals surface area contributed by atoms with Crippen molar-refractivity contribution in [2.24, 2.45) is 15.2 Å². The van der Waals surface area contributed by atoms with Crippen LogP contribution in [0.15, 0.2) is 39.5 Å². The maximum atomic E-state index is 11.7. The SMILES string of the molecule is Cl.O=C1c2ccccc2N=CC12N=N2. The van der Waals surface area contributed by atoms with Gasteiger partial charge in [-0.15, -0.1) is 22.6 Å². The molecule has 2 heterocycles. The van der Waals surface area contributed by atoms with Crippen molar-refractivity contribution in [2.45, 2.75) is 5.66 Å². The van der Waals surface area contributed by atoms with Gasteiger partial charge in [0.1, 0.15) is 0 Å². The van der Waals surface area contributed by atoms with Gasteiger partial charge in [0, 0.05) is 5.56 Å². The number of carbonyl (C=O) groups excluding carboxylic acids is 1. The summed E-state index contributed by atoms with van der Waals surface area (Å²) in [7, 11) is 0. The lowest BCUT2D eigenvalue weighted by Crippen LogP contribution is -2.28. The molecule has 0 unspecified atom stereocenters. The summed E-state index contributed by atoms with van der Waals surface area (Å²) in [5, 5.41) is 7.40. The second-order valence-electron chi connectivity index (χ2n) is 3.03. The molecule has 0 radical (unpaired) electrons. The van der Waals surface area contributed by atoms with Gasteiger partial charge < -0.3 is 0 Å². The first-order valence-corrected chi connectivity index (χ1v) is 3.95. The topological polar surface area (TPSA) is 54.1 Å². The van der Waals surface area contributed by atoms with Crippen molar-refractivity contribution in [3.63, 3.8) is 0 Å². The summed E-state index contributed by atoms with van der Waals surface area (Å²) in [5.41, 5.74) is 0.361. The van der Waals surface area contributed by atoms with E-state index in [9.17, 15) is 4.79 Å².